The van der Waals surface area contributed by atoms with Gasteiger partial charge in [0.15, 0.2) is 5.76 Å². The molecule has 7 heteroatoms. The van der Waals surface area contributed by atoms with E-state index in [1.54, 1.807) is 20.1 Å². The van der Waals surface area contributed by atoms with Crippen molar-refractivity contribution in [1.29, 1.82) is 0 Å². The maximum absolute atomic E-state index is 12.2. The van der Waals surface area contributed by atoms with Gasteiger partial charge in [-0.25, -0.2) is 4.79 Å². The van der Waals surface area contributed by atoms with Crippen LogP contribution in [-0.4, -0.2) is 59.2 Å². The van der Waals surface area contributed by atoms with Crippen LogP contribution in [0.4, 0.5) is 0 Å². The summed E-state index contributed by atoms with van der Waals surface area (Å²) in [6.45, 7) is 8.62. The van der Waals surface area contributed by atoms with Gasteiger partial charge in [0.1, 0.15) is 5.76 Å². The first-order valence-electron chi connectivity index (χ1n) is 10.6. The minimum Gasteiger partial charge on any atom is -0.492 e. The molecule has 9 atom stereocenters. The zero-order valence-electron chi connectivity index (χ0n) is 17.0. The molecule has 5 fully saturated rings. The number of fused-ring (bicyclic) bond motifs is 1. The molecule has 6 heterocycles. The zero-order valence-corrected chi connectivity index (χ0v) is 17.0. The summed E-state index contributed by atoms with van der Waals surface area (Å²) < 4.78 is 24.4. The second-order valence-electron chi connectivity index (χ2n) is 9.25. The van der Waals surface area contributed by atoms with Crippen molar-refractivity contribution in [2.75, 3.05) is 13.7 Å². The van der Waals surface area contributed by atoms with Crippen molar-refractivity contribution < 1.29 is 28.8 Å². The molecule has 1 N–H and O–H groups in total. The smallest absolute Gasteiger partial charge is 0.343 e. The number of carbonyl (C=O) groups excluding carboxylic acids is 1. The number of aliphatic hydroxyl groups excluding tert-OH is 1. The van der Waals surface area contributed by atoms with Crippen molar-refractivity contribution >= 4 is 5.97 Å². The Morgan fingerprint density at radius 1 is 1.48 bits per heavy atom. The first-order chi connectivity index (χ1) is 13.9. The van der Waals surface area contributed by atoms with Crippen molar-refractivity contribution in [2.45, 2.75) is 62.7 Å². The van der Waals surface area contributed by atoms with Gasteiger partial charge in [-0.2, -0.15) is 0 Å². The number of hydrogen-bond donors (Lipinski definition) is 1. The second-order valence-corrected chi connectivity index (χ2v) is 9.25. The predicted octanol–water partition coefficient (Wildman–Crippen LogP) is 1.84. The van der Waals surface area contributed by atoms with Gasteiger partial charge in [-0.15, -0.1) is 6.58 Å². The lowest BCUT2D eigenvalue weighted by Gasteiger charge is -2.49. The van der Waals surface area contributed by atoms with Crippen molar-refractivity contribution in [3.63, 3.8) is 0 Å². The molecule has 0 aromatic heterocycles. The van der Waals surface area contributed by atoms with Crippen LogP contribution >= 0.6 is 0 Å². The molecule has 6 aliphatic heterocycles. The van der Waals surface area contributed by atoms with Crippen LogP contribution in [0.5, 0.6) is 0 Å². The van der Waals surface area contributed by atoms with Gasteiger partial charge in [0.05, 0.1) is 36.3 Å². The maximum Gasteiger partial charge on any atom is 0.343 e. The lowest BCUT2D eigenvalue weighted by molar-refractivity contribution is -0.256. The lowest BCUT2D eigenvalue weighted by Crippen LogP contribution is -2.65. The van der Waals surface area contributed by atoms with Crippen LogP contribution < -0.4 is 0 Å². The molecule has 6 aliphatic rings. The fraction of sp³-hybridized carbons (Fsp3) is 0.682. The Morgan fingerprint density at radius 2 is 2.28 bits per heavy atom. The van der Waals surface area contributed by atoms with E-state index in [1.165, 1.54) is 0 Å². The minimum atomic E-state index is -0.772. The second kappa shape index (κ2) is 5.45. The van der Waals surface area contributed by atoms with E-state index < -0.39 is 23.4 Å². The Hall–Kier alpha value is -1.83. The third kappa shape index (κ3) is 1.72. The van der Waals surface area contributed by atoms with E-state index >= 15 is 0 Å². The molecule has 5 bridgehead atoms. The average Bonchev–Trinajstić information content (AvgIpc) is 3.40. The van der Waals surface area contributed by atoms with Crippen LogP contribution in [-0.2, 0) is 23.7 Å². The van der Waals surface area contributed by atoms with Gasteiger partial charge in [0.2, 0.25) is 11.5 Å². The highest BCUT2D eigenvalue weighted by Crippen LogP contribution is 2.73. The van der Waals surface area contributed by atoms with Crippen molar-refractivity contribution in [3.05, 3.63) is 35.5 Å². The quantitative estimate of drug-likeness (QED) is 0.569. The fourth-order valence-corrected chi connectivity index (χ4v) is 7.58. The van der Waals surface area contributed by atoms with Gasteiger partial charge in [0, 0.05) is 17.9 Å². The SMILES string of the molecule is C=CC[C@@H](O)C12C3CC4C5[C@H](C)/C(=C6/OC(=O)C(C)=C6OC)O[C@]5(O3)C1CCN42. The number of cyclic esters (lactones) is 1. The lowest BCUT2D eigenvalue weighted by atomic mass is 9.68. The molecule has 0 aromatic rings. The number of hydrogen-bond acceptors (Lipinski definition) is 7. The highest BCUT2D eigenvalue weighted by atomic mass is 16.7. The molecule has 6 rings (SSSR count). The normalized spacial score (nSPS) is 52.1. The first kappa shape index (κ1) is 18.0. The Labute approximate surface area is 169 Å². The third-order valence-corrected chi connectivity index (χ3v) is 8.40. The van der Waals surface area contributed by atoms with Gasteiger partial charge >= 0.3 is 5.97 Å². The Balaban J connectivity index is 1.48. The summed E-state index contributed by atoms with van der Waals surface area (Å²) in [5.41, 5.74) is 0.0491. The van der Waals surface area contributed by atoms with Gasteiger partial charge in [0.25, 0.3) is 0 Å². The first-order valence-corrected chi connectivity index (χ1v) is 10.6. The summed E-state index contributed by atoms with van der Waals surface area (Å²) in [5, 5.41) is 11.2. The van der Waals surface area contributed by atoms with E-state index in [9.17, 15) is 9.90 Å². The molecule has 0 saturated carbocycles. The van der Waals surface area contributed by atoms with E-state index in [-0.39, 0.29) is 29.9 Å². The monoisotopic (exact) mass is 401 g/mol. The van der Waals surface area contributed by atoms with Crippen LogP contribution in [0.3, 0.4) is 0 Å². The van der Waals surface area contributed by atoms with Crippen molar-refractivity contribution in [3.8, 4) is 0 Å². The molecule has 0 aliphatic carbocycles. The predicted molar refractivity (Wildman–Crippen MR) is 101 cm³/mol. The van der Waals surface area contributed by atoms with Gasteiger partial charge < -0.3 is 24.1 Å². The van der Waals surface area contributed by atoms with E-state index in [0.29, 0.717) is 29.3 Å². The third-order valence-electron chi connectivity index (χ3n) is 8.40. The molecule has 1 spiro atoms. The number of carbonyl (C=O) groups is 1. The molecular formula is C22H27NO6. The summed E-state index contributed by atoms with van der Waals surface area (Å²) in [4.78, 5) is 14.7. The fourth-order valence-electron chi connectivity index (χ4n) is 7.58. The minimum absolute atomic E-state index is 0.0237. The largest absolute Gasteiger partial charge is 0.492 e. The molecule has 29 heavy (non-hydrogen) atoms. The average molecular weight is 401 g/mol. The van der Waals surface area contributed by atoms with E-state index in [1.807, 2.05) is 0 Å². The highest BCUT2D eigenvalue weighted by molar-refractivity contribution is 5.93. The van der Waals surface area contributed by atoms with Crippen LogP contribution in [0.1, 0.15) is 33.1 Å². The number of rotatable bonds is 4. The zero-order chi connectivity index (χ0) is 20.3. The number of esters is 1. The topological polar surface area (TPSA) is 77.5 Å². The molecule has 0 radical (unpaired) electrons. The Kier molecular flexibility index (Phi) is 3.38. The van der Waals surface area contributed by atoms with Crippen LogP contribution in [0.25, 0.3) is 0 Å². The molecule has 6 unspecified atom stereocenters. The van der Waals surface area contributed by atoms with E-state index in [0.717, 1.165) is 19.4 Å². The molecule has 156 valence electrons. The molecule has 5 saturated heterocycles. The van der Waals surface area contributed by atoms with E-state index in [2.05, 4.69) is 18.4 Å². The Bertz CT molecular complexity index is 894. The number of allylic oxidation sites excluding steroid dienone is 1. The van der Waals surface area contributed by atoms with E-state index in [4.69, 9.17) is 18.9 Å². The Morgan fingerprint density at radius 3 is 3.00 bits per heavy atom. The molecule has 0 amide bonds. The standard InChI is InChI=1S/C22H27NO6/c1-5-6-14(24)21-13-7-8-23(21)12-9-15(21)28-22(13)16(12)10(2)18(29-22)19-17(26-4)11(3)20(25)27-19/h5,10,12-16,24H,1,6-9H2,2-4H3/b19-18-/t10-,12?,13?,14+,15?,16?,21?,22+/m0/s1. The number of nitrogens with zero attached hydrogens (tertiary/aromatic N) is 1. The summed E-state index contributed by atoms with van der Waals surface area (Å²) in [6.07, 6.45) is 3.58. The number of methoxy groups -OCH3 is 1. The number of ether oxygens (including phenoxy) is 4. The summed E-state index contributed by atoms with van der Waals surface area (Å²) in [7, 11) is 1.54. The van der Waals surface area contributed by atoms with Crippen LogP contribution in [0.2, 0.25) is 0 Å². The molecular weight excluding hydrogens is 374 g/mol. The summed E-state index contributed by atoms with van der Waals surface area (Å²) >= 11 is 0. The number of piperidine rings is 1. The van der Waals surface area contributed by atoms with Gasteiger partial charge in [-0.1, -0.05) is 13.0 Å². The van der Waals surface area contributed by atoms with Gasteiger partial charge in [-0.05, 0) is 32.7 Å². The van der Waals surface area contributed by atoms with Gasteiger partial charge in [-0.3, -0.25) is 4.90 Å². The maximum atomic E-state index is 12.2. The molecule has 0 aromatic carbocycles. The molecule has 7 nitrogen and oxygen atoms in total. The summed E-state index contributed by atoms with van der Waals surface area (Å²) in [5.74, 6) is 0.547. The highest BCUT2D eigenvalue weighted by Gasteiger charge is 2.85. The van der Waals surface area contributed by atoms with Crippen LogP contribution in [0, 0.1) is 17.8 Å². The number of aliphatic hydroxyl groups is 1. The van der Waals surface area contributed by atoms with Crippen molar-refractivity contribution in [2.24, 2.45) is 17.8 Å². The summed E-state index contributed by atoms with van der Waals surface area (Å²) in [6, 6.07) is 0.285. The van der Waals surface area contributed by atoms with Crippen molar-refractivity contribution in [1.82, 2.24) is 4.90 Å². The van der Waals surface area contributed by atoms with Crippen LogP contribution in [0.15, 0.2) is 35.5 Å².